The summed E-state index contributed by atoms with van der Waals surface area (Å²) < 4.78 is 8.41. The van der Waals surface area contributed by atoms with Crippen LogP contribution in [0.5, 0.6) is 0 Å². The molecule has 0 aliphatic carbocycles. The average molecular weight is 340 g/mol. The summed E-state index contributed by atoms with van der Waals surface area (Å²) in [5.74, 6) is 0. The van der Waals surface area contributed by atoms with E-state index < -0.39 is 8.32 Å². The molecular formula is C12H25IOSi. The summed E-state index contributed by atoms with van der Waals surface area (Å²) in [4.78, 5) is 0. The summed E-state index contributed by atoms with van der Waals surface area (Å²) in [7, 11) is -1.43. The van der Waals surface area contributed by atoms with Gasteiger partial charge in [0.15, 0.2) is 8.32 Å². The summed E-state index contributed by atoms with van der Waals surface area (Å²) in [6, 6.07) is 0. The topological polar surface area (TPSA) is 9.23 Å². The lowest BCUT2D eigenvalue weighted by Crippen LogP contribution is -2.40. The molecule has 1 nitrogen and oxygen atoms in total. The first-order chi connectivity index (χ1) is 6.83. The van der Waals surface area contributed by atoms with Crippen LogP contribution in [-0.4, -0.2) is 13.9 Å². The molecule has 0 bridgehead atoms. The maximum atomic E-state index is 6.31. The van der Waals surface area contributed by atoms with Gasteiger partial charge in [0.2, 0.25) is 0 Å². The molecule has 0 aromatic heterocycles. The molecule has 0 saturated carbocycles. The molecule has 0 aromatic carbocycles. The Kier molecular flexibility index (Phi) is 7.37. The minimum Gasteiger partial charge on any atom is -0.412 e. The maximum absolute atomic E-state index is 6.31. The molecule has 0 amide bonds. The van der Waals surface area contributed by atoms with E-state index >= 15 is 0 Å². The summed E-state index contributed by atoms with van der Waals surface area (Å²) in [5, 5.41) is 0. The van der Waals surface area contributed by atoms with E-state index in [1.807, 2.05) is 0 Å². The first-order valence-electron chi connectivity index (χ1n) is 5.78. The van der Waals surface area contributed by atoms with Crippen molar-refractivity contribution >= 4 is 30.9 Å². The Bertz CT molecular complexity index is 198. The highest BCUT2D eigenvalue weighted by Gasteiger charge is 2.29. The highest BCUT2D eigenvalue weighted by Crippen LogP contribution is 2.27. The molecule has 0 fully saturated rings. The van der Waals surface area contributed by atoms with E-state index in [2.05, 4.69) is 66.2 Å². The molecule has 0 aliphatic heterocycles. The quantitative estimate of drug-likeness (QED) is 0.461. The van der Waals surface area contributed by atoms with Gasteiger partial charge in [-0.25, -0.2) is 0 Å². The molecule has 0 unspecified atom stereocenters. The summed E-state index contributed by atoms with van der Waals surface area (Å²) in [5.41, 5.74) is 0.0577. The van der Waals surface area contributed by atoms with Crippen molar-refractivity contribution in [2.24, 2.45) is 0 Å². The number of hydrogen-bond donors (Lipinski definition) is 0. The fourth-order valence-corrected chi connectivity index (χ4v) is 3.70. The van der Waals surface area contributed by atoms with Gasteiger partial charge in [0.1, 0.15) is 0 Å². The predicted octanol–water partition coefficient (Wildman–Crippen LogP) is 5.13. The molecule has 0 rings (SSSR count). The van der Waals surface area contributed by atoms with Gasteiger partial charge in [-0.3, -0.25) is 0 Å². The van der Waals surface area contributed by atoms with Crippen LogP contribution in [0.1, 0.15) is 39.5 Å². The summed E-state index contributed by atoms with van der Waals surface area (Å²) in [6.07, 6.45) is 6.94. The van der Waals surface area contributed by atoms with Gasteiger partial charge in [-0.15, -0.1) is 0 Å². The molecule has 15 heavy (non-hydrogen) atoms. The van der Waals surface area contributed by atoms with Gasteiger partial charge in [-0.1, -0.05) is 48.4 Å². The molecule has 0 N–H and O–H groups in total. The van der Waals surface area contributed by atoms with Gasteiger partial charge in [-0.2, -0.15) is 0 Å². The molecule has 90 valence electrons. The van der Waals surface area contributed by atoms with Crippen molar-refractivity contribution in [3.8, 4) is 0 Å². The number of hydrogen-bond acceptors (Lipinski definition) is 1. The van der Waals surface area contributed by atoms with Gasteiger partial charge in [-0.05, 0) is 43.5 Å². The molecule has 0 radical (unpaired) electrons. The molecule has 0 heterocycles. The fourth-order valence-electron chi connectivity index (χ4n) is 1.78. The Hall–Kier alpha value is 0.647. The van der Waals surface area contributed by atoms with Crippen LogP contribution < -0.4 is 0 Å². The van der Waals surface area contributed by atoms with Crippen molar-refractivity contribution in [1.29, 1.82) is 0 Å². The standard InChI is InChI=1S/C12H25IOSi/c1-6-7-9-12(2,10-8-11-13)14-15(3,4)5/h8,11H,6-7,9-10H2,1-5H3/b11-8+/t12-/m1/s1. The predicted molar refractivity (Wildman–Crippen MR) is 80.1 cm³/mol. The Morgan fingerprint density at radius 2 is 1.93 bits per heavy atom. The second-order valence-electron chi connectivity index (χ2n) is 5.33. The monoisotopic (exact) mass is 340 g/mol. The van der Waals surface area contributed by atoms with Crippen molar-refractivity contribution < 1.29 is 4.43 Å². The highest BCUT2D eigenvalue weighted by atomic mass is 127. The average Bonchev–Trinajstić information content (AvgIpc) is 2.09. The molecular weight excluding hydrogens is 315 g/mol. The van der Waals surface area contributed by atoms with Crippen LogP contribution in [0.2, 0.25) is 19.6 Å². The Labute approximate surface area is 110 Å². The van der Waals surface area contributed by atoms with Gasteiger partial charge >= 0.3 is 0 Å². The van der Waals surface area contributed by atoms with E-state index in [0.717, 1.165) is 6.42 Å². The second-order valence-corrected chi connectivity index (χ2v) is 10.5. The van der Waals surface area contributed by atoms with Crippen LogP contribution in [0, 0.1) is 0 Å². The zero-order valence-electron chi connectivity index (χ0n) is 10.8. The van der Waals surface area contributed by atoms with Crippen LogP contribution in [-0.2, 0) is 4.43 Å². The molecule has 0 saturated heterocycles. The molecule has 0 aromatic rings. The number of rotatable bonds is 7. The van der Waals surface area contributed by atoms with Crippen LogP contribution in [0.25, 0.3) is 0 Å². The Morgan fingerprint density at radius 1 is 1.33 bits per heavy atom. The van der Waals surface area contributed by atoms with Crippen LogP contribution >= 0.6 is 22.6 Å². The van der Waals surface area contributed by atoms with E-state index in [9.17, 15) is 0 Å². The minimum absolute atomic E-state index is 0.0577. The normalized spacial score (nSPS) is 16.9. The number of halogens is 1. The SMILES string of the molecule is CCCC[C@](C)(C/C=C/I)O[Si](C)(C)C. The van der Waals surface area contributed by atoms with E-state index in [-0.39, 0.29) is 5.60 Å². The minimum atomic E-state index is -1.43. The zero-order chi connectivity index (χ0) is 11.9. The third-order valence-corrected chi connectivity index (χ3v) is 3.86. The van der Waals surface area contributed by atoms with Crippen LogP contribution in [0.15, 0.2) is 10.2 Å². The molecule has 0 spiro atoms. The third kappa shape index (κ3) is 8.45. The van der Waals surface area contributed by atoms with Gasteiger partial charge in [0.05, 0.1) is 5.60 Å². The molecule has 0 aliphatic rings. The van der Waals surface area contributed by atoms with E-state index in [4.69, 9.17) is 4.43 Å². The molecule has 3 heteroatoms. The largest absolute Gasteiger partial charge is 0.412 e. The maximum Gasteiger partial charge on any atom is 0.184 e. The number of unbranched alkanes of at least 4 members (excludes halogenated alkanes) is 1. The van der Waals surface area contributed by atoms with Gasteiger partial charge in [0, 0.05) is 0 Å². The Morgan fingerprint density at radius 3 is 2.33 bits per heavy atom. The first-order valence-corrected chi connectivity index (χ1v) is 10.4. The van der Waals surface area contributed by atoms with E-state index in [0.29, 0.717) is 0 Å². The molecule has 1 atom stereocenters. The second kappa shape index (κ2) is 7.07. The zero-order valence-corrected chi connectivity index (χ0v) is 13.9. The lowest BCUT2D eigenvalue weighted by Gasteiger charge is -2.36. The third-order valence-electron chi connectivity index (χ3n) is 2.25. The van der Waals surface area contributed by atoms with E-state index in [1.165, 1.54) is 19.3 Å². The Balaban J connectivity index is 4.39. The fraction of sp³-hybridized carbons (Fsp3) is 0.833. The summed E-state index contributed by atoms with van der Waals surface area (Å²) >= 11 is 2.28. The lowest BCUT2D eigenvalue weighted by molar-refractivity contribution is 0.0716. The summed E-state index contributed by atoms with van der Waals surface area (Å²) in [6.45, 7) is 11.3. The van der Waals surface area contributed by atoms with Crippen LogP contribution in [0.3, 0.4) is 0 Å². The highest BCUT2D eigenvalue weighted by molar-refractivity contribution is 14.1. The smallest absolute Gasteiger partial charge is 0.184 e. The van der Waals surface area contributed by atoms with Gasteiger partial charge in [0.25, 0.3) is 0 Å². The van der Waals surface area contributed by atoms with Crippen molar-refractivity contribution in [1.82, 2.24) is 0 Å². The van der Waals surface area contributed by atoms with Crippen molar-refractivity contribution in [2.45, 2.75) is 64.8 Å². The lowest BCUT2D eigenvalue weighted by atomic mass is 9.96. The van der Waals surface area contributed by atoms with E-state index in [1.54, 1.807) is 0 Å². The van der Waals surface area contributed by atoms with Crippen molar-refractivity contribution in [2.75, 3.05) is 0 Å². The van der Waals surface area contributed by atoms with Crippen molar-refractivity contribution in [3.05, 3.63) is 10.2 Å². The van der Waals surface area contributed by atoms with Crippen LogP contribution in [0.4, 0.5) is 0 Å². The first kappa shape index (κ1) is 15.6. The van der Waals surface area contributed by atoms with Gasteiger partial charge < -0.3 is 4.43 Å². The van der Waals surface area contributed by atoms with Crippen molar-refractivity contribution in [3.63, 3.8) is 0 Å².